The van der Waals surface area contributed by atoms with Crippen LogP contribution in [0.25, 0.3) is 0 Å². The van der Waals surface area contributed by atoms with Gasteiger partial charge in [-0.05, 0) is 13.8 Å². The molecule has 0 unspecified atom stereocenters. The summed E-state index contributed by atoms with van der Waals surface area (Å²) in [6.45, 7) is 3.53. The molecule has 0 aromatic carbocycles. The van der Waals surface area contributed by atoms with E-state index in [2.05, 4.69) is 4.74 Å². The monoisotopic (exact) mass is 224 g/mol. The topological polar surface area (TPSA) is 52.6 Å². The van der Waals surface area contributed by atoms with Gasteiger partial charge in [0.05, 0.1) is 13.2 Å². The summed E-state index contributed by atoms with van der Waals surface area (Å²) >= 11 is 0. The van der Waals surface area contributed by atoms with Gasteiger partial charge >= 0.3 is 11.3 Å². The number of hydrogen-bond donors (Lipinski definition) is 0. The van der Waals surface area contributed by atoms with Crippen molar-refractivity contribution < 1.29 is 19.1 Å². The molecule has 76 valence electrons. The van der Waals surface area contributed by atoms with Gasteiger partial charge in [0.2, 0.25) is 0 Å². The van der Waals surface area contributed by atoms with Gasteiger partial charge in [0, 0.05) is 10.8 Å². The highest BCUT2D eigenvalue weighted by molar-refractivity contribution is 8.82. The van der Waals surface area contributed by atoms with Crippen LogP contribution in [0, 0.1) is 0 Å². The number of esters is 1. The maximum absolute atomic E-state index is 10.9. The highest BCUT2D eigenvalue weighted by Crippen LogP contribution is 2.23. The van der Waals surface area contributed by atoms with Gasteiger partial charge in [0.25, 0.3) is 0 Å². The Balaban J connectivity index is 3.42. The molecule has 0 bridgehead atoms. The Morgan fingerprint density at radius 2 is 2.00 bits per heavy atom. The molecule has 0 rings (SSSR count). The summed E-state index contributed by atoms with van der Waals surface area (Å²) in [6, 6.07) is 0. The van der Waals surface area contributed by atoms with E-state index in [1.54, 1.807) is 13.8 Å². The average molecular weight is 224 g/mol. The van der Waals surface area contributed by atoms with E-state index in [1.165, 1.54) is 7.11 Å². The predicted octanol–water partition coefficient (Wildman–Crippen LogP) is 2.09. The molecule has 0 fully saturated rings. The number of carbonyl (C=O) groups excluding carboxylic acids is 2. The third-order valence-corrected chi connectivity index (χ3v) is 2.68. The van der Waals surface area contributed by atoms with Crippen molar-refractivity contribution in [2.75, 3.05) is 12.9 Å². The second-order valence-electron chi connectivity index (χ2n) is 2.34. The van der Waals surface area contributed by atoms with E-state index < -0.39 is 0 Å². The van der Waals surface area contributed by atoms with Crippen LogP contribution in [-0.4, -0.2) is 30.2 Å². The van der Waals surface area contributed by atoms with Gasteiger partial charge in [-0.3, -0.25) is 4.79 Å². The molecule has 0 heterocycles. The van der Waals surface area contributed by atoms with Crippen LogP contribution in [-0.2, 0) is 14.3 Å². The summed E-state index contributed by atoms with van der Waals surface area (Å²) in [4.78, 5) is 21.5. The van der Waals surface area contributed by atoms with Crippen LogP contribution in [0.3, 0.4) is 0 Å². The van der Waals surface area contributed by atoms with Crippen LogP contribution in [0.15, 0.2) is 0 Å². The minimum atomic E-state index is -0.385. The normalized spacial score (nSPS) is 9.85. The largest absolute Gasteiger partial charge is 0.468 e. The van der Waals surface area contributed by atoms with Crippen molar-refractivity contribution in [2.45, 2.75) is 20.0 Å². The molecule has 0 saturated heterocycles. The standard InChI is InChI=1S/C7H12O4S2/c1-5(2)11-7(9)13-12-4-6(8)10-3/h5H,4H2,1-3H3. The zero-order chi connectivity index (χ0) is 10.3. The van der Waals surface area contributed by atoms with Crippen molar-refractivity contribution in [3.8, 4) is 0 Å². The third kappa shape index (κ3) is 7.98. The highest BCUT2D eigenvalue weighted by Gasteiger charge is 2.08. The van der Waals surface area contributed by atoms with Crippen LogP contribution >= 0.6 is 21.6 Å². The molecular formula is C7H12O4S2. The highest BCUT2D eigenvalue weighted by atomic mass is 33.1. The summed E-state index contributed by atoms with van der Waals surface area (Å²) in [6.07, 6.45) is -0.126. The average Bonchev–Trinajstić information content (AvgIpc) is 2.02. The van der Waals surface area contributed by atoms with Gasteiger partial charge in [-0.2, -0.15) is 0 Å². The van der Waals surface area contributed by atoms with Crippen LogP contribution in [0.2, 0.25) is 0 Å². The first-order valence-electron chi connectivity index (χ1n) is 3.63. The van der Waals surface area contributed by atoms with Crippen molar-refractivity contribution >= 4 is 32.9 Å². The minimum Gasteiger partial charge on any atom is -0.468 e. The van der Waals surface area contributed by atoms with Gasteiger partial charge in [0.1, 0.15) is 5.75 Å². The molecule has 4 nitrogen and oxygen atoms in total. The molecule has 0 spiro atoms. The van der Waals surface area contributed by atoms with Crippen LogP contribution in [0.1, 0.15) is 13.8 Å². The molecule has 0 saturated carbocycles. The van der Waals surface area contributed by atoms with Gasteiger partial charge in [0.15, 0.2) is 0 Å². The fourth-order valence-corrected chi connectivity index (χ4v) is 1.87. The zero-order valence-corrected chi connectivity index (χ0v) is 9.37. The number of carbonyl (C=O) groups is 2. The molecule has 6 heteroatoms. The minimum absolute atomic E-state index is 0.126. The molecule has 0 aliphatic carbocycles. The first-order chi connectivity index (χ1) is 6.06. The first kappa shape index (κ1) is 12.6. The Morgan fingerprint density at radius 3 is 2.46 bits per heavy atom. The third-order valence-electron chi connectivity index (χ3n) is 0.863. The lowest BCUT2D eigenvalue weighted by Crippen LogP contribution is -2.06. The summed E-state index contributed by atoms with van der Waals surface area (Å²) in [7, 11) is 3.31. The Bertz CT molecular complexity index is 181. The lowest BCUT2D eigenvalue weighted by atomic mass is 10.5. The van der Waals surface area contributed by atoms with E-state index in [4.69, 9.17) is 4.74 Å². The Morgan fingerprint density at radius 1 is 1.38 bits per heavy atom. The molecule has 0 N–H and O–H groups in total. The van der Waals surface area contributed by atoms with Crippen molar-refractivity contribution in [1.82, 2.24) is 0 Å². The molecule has 0 amide bonds. The second kappa shape index (κ2) is 7.08. The molecule has 0 aliphatic heterocycles. The van der Waals surface area contributed by atoms with E-state index in [1.807, 2.05) is 0 Å². The summed E-state index contributed by atoms with van der Waals surface area (Å²) < 4.78 is 9.20. The van der Waals surface area contributed by atoms with E-state index in [0.29, 0.717) is 0 Å². The van der Waals surface area contributed by atoms with Crippen LogP contribution in [0.4, 0.5) is 4.79 Å². The second-order valence-corrected chi connectivity index (χ2v) is 4.57. The maximum atomic E-state index is 10.9. The first-order valence-corrected chi connectivity index (χ1v) is 5.95. The lowest BCUT2D eigenvalue weighted by Gasteiger charge is -2.05. The summed E-state index contributed by atoms with van der Waals surface area (Å²) in [5, 5.41) is -0.385. The number of ether oxygens (including phenoxy) is 2. The quantitative estimate of drug-likeness (QED) is 0.538. The van der Waals surface area contributed by atoms with E-state index in [9.17, 15) is 9.59 Å². The van der Waals surface area contributed by atoms with Gasteiger partial charge in [-0.15, -0.1) is 0 Å². The van der Waals surface area contributed by atoms with Crippen LogP contribution in [0.5, 0.6) is 0 Å². The van der Waals surface area contributed by atoms with Crippen molar-refractivity contribution in [1.29, 1.82) is 0 Å². The van der Waals surface area contributed by atoms with E-state index in [0.717, 1.165) is 21.6 Å². The number of rotatable bonds is 4. The smallest absolute Gasteiger partial charge is 0.378 e. The summed E-state index contributed by atoms with van der Waals surface area (Å²) in [5.41, 5.74) is 0. The molecule has 0 aromatic heterocycles. The van der Waals surface area contributed by atoms with E-state index >= 15 is 0 Å². The van der Waals surface area contributed by atoms with Gasteiger partial charge in [-0.1, -0.05) is 10.8 Å². The lowest BCUT2D eigenvalue weighted by molar-refractivity contribution is -0.137. The van der Waals surface area contributed by atoms with Gasteiger partial charge < -0.3 is 9.47 Å². The SMILES string of the molecule is COC(=O)CSSC(=O)OC(C)C. The number of hydrogen-bond acceptors (Lipinski definition) is 6. The molecule has 0 atom stereocenters. The molecule has 0 radical (unpaired) electrons. The maximum Gasteiger partial charge on any atom is 0.378 e. The van der Waals surface area contributed by atoms with Crippen LogP contribution < -0.4 is 0 Å². The Labute approximate surface area is 85.1 Å². The molecular weight excluding hydrogens is 212 g/mol. The van der Waals surface area contributed by atoms with Crippen molar-refractivity contribution in [2.24, 2.45) is 0 Å². The fraction of sp³-hybridized carbons (Fsp3) is 0.714. The van der Waals surface area contributed by atoms with Gasteiger partial charge in [-0.25, -0.2) is 4.79 Å². The zero-order valence-electron chi connectivity index (χ0n) is 7.73. The Kier molecular flexibility index (Phi) is 6.89. The molecule has 13 heavy (non-hydrogen) atoms. The van der Waals surface area contributed by atoms with E-state index in [-0.39, 0.29) is 23.1 Å². The number of methoxy groups -OCH3 is 1. The molecule has 0 aliphatic rings. The summed E-state index contributed by atoms with van der Waals surface area (Å²) in [5.74, 6) is -0.205. The predicted molar refractivity (Wildman–Crippen MR) is 53.7 cm³/mol. The Hall–Kier alpha value is -0.360. The van der Waals surface area contributed by atoms with Crippen molar-refractivity contribution in [3.05, 3.63) is 0 Å². The fourth-order valence-electron chi connectivity index (χ4n) is 0.397. The van der Waals surface area contributed by atoms with Crippen molar-refractivity contribution in [3.63, 3.8) is 0 Å². The molecule has 0 aromatic rings.